The van der Waals surface area contributed by atoms with Crippen LogP contribution in [0.25, 0.3) is 11.0 Å². The van der Waals surface area contributed by atoms with Crippen LogP contribution in [0.2, 0.25) is 0 Å². The highest BCUT2D eigenvalue weighted by molar-refractivity contribution is 7.08. The summed E-state index contributed by atoms with van der Waals surface area (Å²) in [7, 11) is 0. The highest BCUT2D eigenvalue weighted by Gasteiger charge is 2.17. The van der Waals surface area contributed by atoms with Gasteiger partial charge in [-0.15, -0.1) is 0 Å². The van der Waals surface area contributed by atoms with Crippen LogP contribution in [-0.2, 0) is 11.2 Å². The molecular weight excluding hydrogens is 380 g/mol. The number of para-hydroxylation sites is 2. The molecule has 29 heavy (non-hydrogen) atoms. The minimum absolute atomic E-state index is 0.0596. The van der Waals surface area contributed by atoms with E-state index in [1.165, 1.54) is 5.56 Å². The number of thiophene rings is 1. The summed E-state index contributed by atoms with van der Waals surface area (Å²) in [6, 6.07) is 14.3. The molecule has 4 aromatic rings. The first-order valence-corrected chi connectivity index (χ1v) is 11.1. The third-order valence-corrected chi connectivity index (χ3v) is 5.85. The van der Waals surface area contributed by atoms with Gasteiger partial charge in [0, 0.05) is 25.4 Å². The molecular formula is C23H26N4OS. The Morgan fingerprint density at radius 2 is 1.97 bits per heavy atom. The monoisotopic (exact) mass is 406 g/mol. The van der Waals surface area contributed by atoms with E-state index >= 15 is 0 Å². The topological polar surface area (TPSA) is 62.7 Å². The summed E-state index contributed by atoms with van der Waals surface area (Å²) in [6.45, 7) is 0.723. The average molecular weight is 407 g/mol. The van der Waals surface area contributed by atoms with Crippen LogP contribution in [0.1, 0.15) is 43.1 Å². The summed E-state index contributed by atoms with van der Waals surface area (Å²) in [5.74, 6) is 1.15. The first-order chi connectivity index (χ1) is 14.3. The Morgan fingerprint density at radius 3 is 2.76 bits per heavy atom. The first-order valence-electron chi connectivity index (χ1n) is 10.1. The fraction of sp³-hybridized carbons (Fsp3) is 0.304. The van der Waals surface area contributed by atoms with Gasteiger partial charge in [0.2, 0.25) is 5.91 Å². The molecule has 0 saturated heterocycles. The third-order valence-electron chi connectivity index (χ3n) is 5.15. The molecule has 0 fully saturated rings. The Bertz CT molecular complexity index is 953. The summed E-state index contributed by atoms with van der Waals surface area (Å²) < 4.78 is 2.11. The number of amides is 1. The van der Waals surface area contributed by atoms with E-state index in [0.29, 0.717) is 6.42 Å². The standard InChI is InChI=1S/C23H26N4OS/c28-23(16-21(18-11-15-29-17-18)27-13-6-7-14-27)24-12-5-1-2-10-22-25-19-8-3-4-9-20(19)26-22/h3-4,6-9,11,13-15,17,21H,1-2,5,10,12,16H2,(H,24,28)(H,25,26). The maximum Gasteiger partial charge on any atom is 0.222 e. The van der Waals surface area contributed by atoms with Gasteiger partial charge in [-0.2, -0.15) is 11.3 Å². The van der Waals surface area contributed by atoms with Crippen molar-refractivity contribution in [2.24, 2.45) is 0 Å². The van der Waals surface area contributed by atoms with E-state index in [2.05, 4.69) is 42.7 Å². The molecule has 1 aromatic carbocycles. The maximum atomic E-state index is 12.5. The number of benzene rings is 1. The van der Waals surface area contributed by atoms with Gasteiger partial charge in [-0.3, -0.25) is 4.79 Å². The number of aromatic nitrogens is 3. The number of aryl methyl sites for hydroxylation is 1. The van der Waals surface area contributed by atoms with Crippen molar-refractivity contribution in [3.8, 4) is 0 Å². The SMILES string of the molecule is O=C(CC(c1ccsc1)n1cccc1)NCCCCCc1nc2ccccc2[nH]1. The number of imidazole rings is 1. The fourth-order valence-corrected chi connectivity index (χ4v) is 4.32. The summed E-state index contributed by atoms with van der Waals surface area (Å²) in [4.78, 5) is 20.4. The second-order valence-corrected chi connectivity index (χ2v) is 8.05. The highest BCUT2D eigenvalue weighted by atomic mass is 32.1. The number of hydrogen-bond donors (Lipinski definition) is 2. The Hall–Kier alpha value is -2.86. The molecule has 5 nitrogen and oxygen atoms in total. The first kappa shape index (κ1) is 19.5. The number of nitrogens with one attached hydrogen (secondary N) is 2. The maximum absolute atomic E-state index is 12.5. The lowest BCUT2D eigenvalue weighted by Crippen LogP contribution is -2.27. The van der Waals surface area contributed by atoms with Gasteiger partial charge >= 0.3 is 0 Å². The number of nitrogens with zero attached hydrogens (tertiary/aromatic N) is 2. The molecule has 3 aromatic heterocycles. The predicted octanol–water partition coefficient (Wildman–Crippen LogP) is 4.93. The molecule has 4 rings (SSSR count). The average Bonchev–Trinajstić information content (AvgIpc) is 3.49. The van der Waals surface area contributed by atoms with E-state index < -0.39 is 0 Å². The number of unbranched alkanes of at least 4 members (excludes halogenated alkanes) is 2. The fourth-order valence-electron chi connectivity index (χ4n) is 3.61. The number of aromatic amines is 1. The van der Waals surface area contributed by atoms with Crippen molar-refractivity contribution in [1.29, 1.82) is 0 Å². The molecule has 0 radical (unpaired) electrons. The molecule has 1 unspecified atom stereocenters. The zero-order chi connectivity index (χ0) is 19.9. The van der Waals surface area contributed by atoms with Gasteiger partial charge in [0.15, 0.2) is 0 Å². The Labute approximate surface area is 174 Å². The molecule has 0 aliphatic rings. The Kier molecular flexibility index (Phi) is 6.42. The highest BCUT2D eigenvalue weighted by Crippen LogP contribution is 2.24. The molecule has 0 aliphatic heterocycles. The number of hydrogen-bond acceptors (Lipinski definition) is 3. The second-order valence-electron chi connectivity index (χ2n) is 7.27. The summed E-state index contributed by atoms with van der Waals surface area (Å²) in [6.07, 6.45) is 8.57. The molecule has 0 bridgehead atoms. The van der Waals surface area contributed by atoms with Crippen LogP contribution in [0.4, 0.5) is 0 Å². The number of H-pyrrole nitrogens is 1. The minimum atomic E-state index is 0.0596. The van der Waals surface area contributed by atoms with E-state index in [4.69, 9.17) is 0 Å². The molecule has 1 amide bonds. The van der Waals surface area contributed by atoms with Crippen LogP contribution < -0.4 is 5.32 Å². The van der Waals surface area contributed by atoms with Crippen molar-refractivity contribution in [2.45, 2.75) is 38.1 Å². The van der Waals surface area contributed by atoms with Gasteiger partial charge in [-0.25, -0.2) is 4.98 Å². The van der Waals surface area contributed by atoms with Crippen molar-refractivity contribution in [3.63, 3.8) is 0 Å². The summed E-state index contributed by atoms with van der Waals surface area (Å²) >= 11 is 1.67. The molecule has 0 spiro atoms. The molecule has 2 N–H and O–H groups in total. The molecule has 150 valence electrons. The normalized spacial score (nSPS) is 12.3. The van der Waals surface area contributed by atoms with E-state index in [-0.39, 0.29) is 11.9 Å². The lowest BCUT2D eigenvalue weighted by Gasteiger charge is -2.18. The van der Waals surface area contributed by atoms with Crippen LogP contribution in [0.5, 0.6) is 0 Å². The largest absolute Gasteiger partial charge is 0.356 e. The number of carbonyl (C=O) groups excluding carboxylic acids is 1. The Morgan fingerprint density at radius 1 is 1.10 bits per heavy atom. The summed E-state index contributed by atoms with van der Waals surface area (Å²) in [5.41, 5.74) is 3.31. The van der Waals surface area contributed by atoms with Crippen LogP contribution in [0, 0.1) is 0 Å². The van der Waals surface area contributed by atoms with Crippen LogP contribution >= 0.6 is 11.3 Å². The minimum Gasteiger partial charge on any atom is -0.356 e. The van der Waals surface area contributed by atoms with E-state index in [0.717, 1.165) is 49.1 Å². The molecule has 1 atom stereocenters. The van der Waals surface area contributed by atoms with Gasteiger partial charge in [-0.1, -0.05) is 18.6 Å². The summed E-state index contributed by atoms with van der Waals surface area (Å²) in [5, 5.41) is 7.27. The van der Waals surface area contributed by atoms with Crippen molar-refractivity contribution >= 4 is 28.3 Å². The molecule has 0 aliphatic carbocycles. The van der Waals surface area contributed by atoms with Crippen molar-refractivity contribution in [2.75, 3.05) is 6.54 Å². The third kappa shape index (κ3) is 5.15. The smallest absolute Gasteiger partial charge is 0.222 e. The Balaban J connectivity index is 1.18. The lowest BCUT2D eigenvalue weighted by molar-refractivity contribution is -0.121. The van der Waals surface area contributed by atoms with Crippen molar-refractivity contribution < 1.29 is 4.79 Å². The van der Waals surface area contributed by atoms with E-state index in [9.17, 15) is 4.79 Å². The predicted molar refractivity (Wildman–Crippen MR) is 118 cm³/mol. The number of carbonyl (C=O) groups is 1. The van der Waals surface area contributed by atoms with Crippen molar-refractivity contribution in [1.82, 2.24) is 19.9 Å². The zero-order valence-electron chi connectivity index (χ0n) is 16.4. The molecule has 3 heterocycles. The lowest BCUT2D eigenvalue weighted by atomic mass is 10.1. The van der Waals surface area contributed by atoms with Gasteiger partial charge < -0.3 is 14.9 Å². The van der Waals surface area contributed by atoms with Crippen LogP contribution in [-0.4, -0.2) is 27.0 Å². The zero-order valence-corrected chi connectivity index (χ0v) is 17.2. The van der Waals surface area contributed by atoms with Gasteiger partial charge in [0.1, 0.15) is 5.82 Å². The van der Waals surface area contributed by atoms with Gasteiger partial charge in [0.25, 0.3) is 0 Å². The number of fused-ring (bicyclic) bond motifs is 1. The quantitative estimate of drug-likeness (QED) is 0.367. The van der Waals surface area contributed by atoms with Gasteiger partial charge in [-0.05, 0) is 59.5 Å². The van der Waals surface area contributed by atoms with E-state index in [1.54, 1.807) is 11.3 Å². The molecule has 0 saturated carbocycles. The number of rotatable bonds is 10. The van der Waals surface area contributed by atoms with Crippen LogP contribution in [0.3, 0.4) is 0 Å². The van der Waals surface area contributed by atoms with Crippen molar-refractivity contribution in [3.05, 3.63) is 77.0 Å². The van der Waals surface area contributed by atoms with Gasteiger partial charge in [0.05, 0.1) is 23.5 Å². The molecule has 6 heteroatoms. The van der Waals surface area contributed by atoms with E-state index in [1.807, 2.05) is 42.7 Å². The van der Waals surface area contributed by atoms with Crippen LogP contribution in [0.15, 0.2) is 65.6 Å². The second kappa shape index (κ2) is 9.56.